The van der Waals surface area contributed by atoms with Gasteiger partial charge in [0.25, 0.3) is 0 Å². The van der Waals surface area contributed by atoms with Gasteiger partial charge < -0.3 is 33.7 Å². The third kappa shape index (κ3) is 16.2. The van der Waals surface area contributed by atoms with Crippen molar-refractivity contribution in [1.82, 2.24) is 0 Å². The summed E-state index contributed by atoms with van der Waals surface area (Å²) in [7, 11) is 0. The number of hydrogen-bond donors (Lipinski definition) is 1. The molecule has 0 atom stereocenters. The van der Waals surface area contributed by atoms with Gasteiger partial charge in [-0.3, -0.25) is 0 Å². The molecule has 0 bridgehead atoms. The Labute approximate surface area is 164 Å². The normalized spacial score (nSPS) is 11.1. The number of nitrogens with two attached hydrogens (primary N) is 1. The van der Waals surface area contributed by atoms with Crippen LogP contribution in [0, 0.1) is 0 Å². The van der Waals surface area contributed by atoms with Crippen LogP contribution in [0.4, 0.5) is 4.79 Å². The van der Waals surface area contributed by atoms with Crippen LogP contribution in [0.3, 0.4) is 0 Å². The van der Waals surface area contributed by atoms with Crippen LogP contribution in [0.2, 0.25) is 0 Å². The molecule has 0 unspecified atom stereocenters. The van der Waals surface area contributed by atoms with Crippen molar-refractivity contribution in [2.45, 2.75) is 27.7 Å². The van der Waals surface area contributed by atoms with Gasteiger partial charge in [0.2, 0.25) is 0 Å². The summed E-state index contributed by atoms with van der Waals surface area (Å²) in [6, 6.07) is 0. The smallest absolute Gasteiger partial charge is 0.530 e. The molecule has 1 amide bonds. The van der Waals surface area contributed by atoms with E-state index >= 15 is 0 Å². The van der Waals surface area contributed by atoms with Crippen molar-refractivity contribution in [1.29, 1.82) is 0 Å². The van der Waals surface area contributed by atoms with Crippen LogP contribution < -0.4 is 40.4 Å². The van der Waals surface area contributed by atoms with Crippen LogP contribution in [0.15, 0.2) is 0 Å². The summed E-state index contributed by atoms with van der Waals surface area (Å²) in [6.07, 6.45) is -1.58. The van der Waals surface area contributed by atoms with Gasteiger partial charge in [-0.05, 0) is 51.3 Å². The fraction of sp³-hybridized carbons (Fsp3) is 0.889. The predicted octanol–water partition coefficient (Wildman–Crippen LogP) is -1.11. The summed E-state index contributed by atoms with van der Waals surface area (Å²) in [5.74, 6) is 0. The molecular formula is C9H22NNaO7P2S2. The minimum Gasteiger partial charge on any atom is -0.530 e. The topological polar surface area (TPSA) is 112 Å². The fourth-order valence-electron chi connectivity index (χ4n) is 0.924. The van der Waals surface area contributed by atoms with E-state index in [2.05, 4.69) is 5.73 Å². The second-order valence-corrected chi connectivity index (χ2v) is 9.12. The van der Waals surface area contributed by atoms with Crippen molar-refractivity contribution in [3.63, 3.8) is 0 Å². The Hall–Kier alpha value is 1.37. The third-order valence-electron chi connectivity index (χ3n) is 1.35. The molecule has 0 heterocycles. The molecule has 22 heavy (non-hydrogen) atoms. The van der Waals surface area contributed by atoms with Gasteiger partial charge in [-0.1, -0.05) is 0 Å². The van der Waals surface area contributed by atoms with Crippen molar-refractivity contribution in [2.75, 3.05) is 26.4 Å². The van der Waals surface area contributed by atoms with Crippen molar-refractivity contribution in [3.8, 4) is 0 Å². The van der Waals surface area contributed by atoms with Gasteiger partial charge in [-0.25, -0.2) is 4.31 Å². The Kier molecular flexibility index (Phi) is 20.3. The Morgan fingerprint density at radius 1 is 0.909 bits per heavy atom. The molecule has 0 aromatic rings. The number of carbonyl (C=O) groups is 1. The molecule has 0 aliphatic heterocycles. The molecule has 2 N–H and O–H groups in total. The van der Waals surface area contributed by atoms with E-state index < -0.39 is 19.5 Å². The number of amides is 1. The van der Waals surface area contributed by atoms with Crippen LogP contribution in [-0.4, -0.2) is 32.5 Å². The van der Waals surface area contributed by atoms with Gasteiger partial charge >= 0.3 is 43.0 Å². The summed E-state index contributed by atoms with van der Waals surface area (Å²) in [4.78, 5) is 8.67. The SMILES string of the molecule is CCOP(=S)(OCC)OP(=S)(OCC)OCC.NC(=O)[O-].[Na+]. The number of carbonyl (C=O) groups excluding carboxylic acids is 1. The summed E-state index contributed by atoms with van der Waals surface area (Å²) in [6.45, 7) is 3.09. The van der Waals surface area contributed by atoms with E-state index in [-0.39, 0.29) is 29.6 Å². The van der Waals surface area contributed by atoms with E-state index in [1.54, 1.807) is 0 Å². The minimum atomic E-state index is -2.87. The fourth-order valence-corrected chi connectivity index (χ4v) is 7.30. The largest absolute Gasteiger partial charge is 1.00 e. The van der Waals surface area contributed by atoms with E-state index in [0.717, 1.165) is 0 Å². The van der Waals surface area contributed by atoms with Gasteiger partial charge in [-0.15, -0.1) is 0 Å². The van der Waals surface area contributed by atoms with Crippen molar-refractivity contribution in [2.24, 2.45) is 5.73 Å². The first-order valence-corrected chi connectivity index (χ1v) is 11.3. The zero-order chi connectivity index (χ0) is 16.9. The molecule has 0 fully saturated rings. The van der Waals surface area contributed by atoms with Crippen LogP contribution in [-0.2, 0) is 46.0 Å². The Balaban J connectivity index is -0.000000640. The van der Waals surface area contributed by atoms with E-state index in [0.29, 0.717) is 26.4 Å². The number of primary amides is 1. The first-order chi connectivity index (χ1) is 9.68. The van der Waals surface area contributed by atoms with Gasteiger partial charge in [0.1, 0.15) is 6.09 Å². The number of hydrogen-bond acceptors (Lipinski definition) is 9. The molecule has 0 saturated heterocycles. The first-order valence-electron chi connectivity index (χ1n) is 6.14. The minimum absolute atomic E-state index is 0. The maximum absolute atomic E-state index is 8.67. The maximum atomic E-state index is 8.67. The molecular weight excluding hydrogens is 383 g/mol. The monoisotopic (exact) mass is 405 g/mol. The average molecular weight is 405 g/mol. The summed E-state index contributed by atoms with van der Waals surface area (Å²) in [5, 5.41) is 8.67. The molecule has 13 heteroatoms. The van der Waals surface area contributed by atoms with Crippen LogP contribution >= 0.6 is 13.4 Å². The molecule has 0 aliphatic carbocycles. The molecule has 128 valence electrons. The van der Waals surface area contributed by atoms with E-state index in [9.17, 15) is 0 Å². The van der Waals surface area contributed by atoms with Crippen LogP contribution in [0.5, 0.6) is 0 Å². The molecule has 8 nitrogen and oxygen atoms in total. The number of carboxylic acid groups (broad SMARTS) is 1. The zero-order valence-electron chi connectivity index (χ0n) is 13.5. The van der Waals surface area contributed by atoms with E-state index in [4.69, 9.17) is 55.9 Å². The van der Waals surface area contributed by atoms with Gasteiger partial charge in [0.15, 0.2) is 0 Å². The molecule has 0 rings (SSSR count). The van der Waals surface area contributed by atoms with Gasteiger partial charge in [0.05, 0.1) is 26.4 Å². The molecule has 0 aliphatic rings. The third-order valence-corrected chi connectivity index (χ3v) is 7.71. The summed E-state index contributed by atoms with van der Waals surface area (Å²) >= 11 is 10.4. The Morgan fingerprint density at radius 2 is 1.09 bits per heavy atom. The standard InChI is InChI=1S/C8H20O5P2S2.CH3NO2.Na/c1-5-9-14(16,10-6-2)13-15(17,11-7-3)12-8-4;2-1(3)4;/h5-8H2,1-4H3;2H2,(H,3,4);/q;;+1/p-1. The Bertz CT molecular complexity index is 337. The van der Waals surface area contributed by atoms with E-state index in [1.807, 2.05) is 27.7 Å². The molecule has 0 radical (unpaired) electrons. The molecule has 0 aromatic heterocycles. The number of rotatable bonds is 10. The van der Waals surface area contributed by atoms with Gasteiger partial charge in [0, 0.05) is 0 Å². The van der Waals surface area contributed by atoms with Crippen LogP contribution in [0.25, 0.3) is 0 Å². The second-order valence-electron chi connectivity index (χ2n) is 2.97. The Morgan fingerprint density at radius 3 is 1.23 bits per heavy atom. The average Bonchev–Trinajstić information content (AvgIpc) is 2.28. The second kappa shape index (κ2) is 15.9. The zero-order valence-corrected chi connectivity index (χ0v) is 18.9. The summed E-state index contributed by atoms with van der Waals surface area (Å²) < 4.78 is 26.9. The maximum Gasteiger partial charge on any atom is 1.00 e. The predicted molar refractivity (Wildman–Crippen MR) is 85.7 cm³/mol. The van der Waals surface area contributed by atoms with Crippen molar-refractivity contribution in [3.05, 3.63) is 0 Å². The van der Waals surface area contributed by atoms with Gasteiger partial charge in [-0.2, -0.15) is 0 Å². The molecule has 0 spiro atoms. The van der Waals surface area contributed by atoms with Crippen molar-refractivity contribution >= 4 is 43.1 Å². The van der Waals surface area contributed by atoms with Crippen LogP contribution in [0.1, 0.15) is 27.7 Å². The quantitative estimate of drug-likeness (QED) is 0.357. The van der Waals surface area contributed by atoms with Crippen molar-refractivity contribution < 1.29 is 61.9 Å². The molecule has 0 aromatic carbocycles. The summed E-state index contributed by atoms with van der Waals surface area (Å²) in [5.41, 5.74) is 3.92. The first kappa shape index (κ1) is 28.2. The van der Waals surface area contributed by atoms with E-state index in [1.165, 1.54) is 0 Å². The molecule has 0 saturated carbocycles.